The molecule has 1 aliphatic rings. The van der Waals surface area contributed by atoms with Crippen LogP contribution in [0, 0.1) is 6.92 Å². The average molecular weight is 255 g/mol. The van der Waals surface area contributed by atoms with Gasteiger partial charge < -0.3 is 4.90 Å². The second-order valence-electron chi connectivity index (χ2n) is 4.78. The lowest BCUT2D eigenvalue weighted by Gasteiger charge is -2.30. The molecule has 0 fully saturated rings. The third kappa shape index (κ3) is 2.24. The van der Waals surface area contributed by atoms with Gasteiger partial charge in [-0.3, -0.25) is 5.43 Å². The molecule has 19 heavy (non-hydrogen) atoms. The highest BCUT2D eigenvalue weighted by Crippen LogP contribution is 2.25. The molecule has 0 amide bonds. The van der Waals surface area contributed by atoms with Gasteiger partial charge in [-0.2, -0.15) is 4.98 Å². The third-order valence-electron chi connectivity index (χ3n) is 3.50. The number of aromatic nitrogens is 2. The van der Waals surface area contributed by atoms with E-state index in [9.17, 15) is 0 Å². The number of anilines is 2. The fraction of sp³-hybridized carbons (Fsp3) is 0.286. The van der Waals surface area contributed by atoms with Crippen LogP contribution in [0.4, 0.5) is 11.8 Å². The number of nitrogens with zero attached hydrogens (tertiary/aromatic N) is 3. The molecule has 1 aromatic carbocycles. The summed E-state index contributed by atoms with van der Waals surface area (Å²) in [5.74, 6) is 6.80. The van der Waals surface area contributed by atoms with Crippen molar-refractivity contribution < 1.29 is 0 Å². The summed E-state index contributed by atoms with van der Waals surface area (Å²) in [6.07, 6.45) is 2.85. The number of benzene rings is 1. The molecule has 0 saturated heterocycles. The van der Waals surface area contributed by atoms with E-state index >= 15 is 0 Å². The summed E-state index contributed by atoms with van der Waals surface area (Å²) in [5.41, 5.74) is 6.37. The van der Waals surface area contributed by atoms with Crippen molar-refractivity contribution in [3.05, 3.63) is 47.2 Å². The molecule has 1 aromatic heterocycles. The Balaban J connectivity index is 1.92. The van der Waals surface area contributed by atoms with Crippen molar-refractivity contribution in [3.8, 4) is 0 Å². The first kappa shape index (κ1) is 11.9. The van der Waals surface area contributed by atoms with Gasteiger partial charge in [-0.25, -0.2) is 10.8 Å². The highest BCUT2D eigenvalue weighted by Gasteiger charge is 2.19. The Labute approximate surface area is 112 Å². The normalized spacial score (nSPS) is 14.1. The van der Waals surface area contributed by atoms with E-state index in [0.717, 1.165) is 30.9 Å². The van der Waals surface area contributed by atoms with Gasteiger partial charge in [0.15, 0.2) is 0 Å². The number of aryl methyl sites for hydroxylation is 1. The number of hydrogen-bond acceptors (Lipinski definition) is 5. The van der Waals surface area contributed by atoms with Crippen LogP contribution in [0.1, 0.15) is 16.7 Å². The van der Waals surface area contributed by atoms with Crippen LogP contribution >= 0.6 is 0 Å². The quantitative estimate of drug-likeness (QED) is 0.630. The Morgan fingerprint density at radius 3 is 2.84 bits per heavy atom. The molecule has 1 aliphatic heterocycles. The van der Waals surface area contributed by atoms with Crippen molar-refractivity contribution in [1.82, 2.24) is 9.97 Å². The topological polar surface area (TPSA) is 67.1 Å². The number of nitrogens with two attached hydrogens (primary N) is 1. The molecule has 0 unspecified atom stereocenters. The second-order valence-corrected chi connectivity index (χ2v) is 4.78. The minimum atomic E-state index is 0.458. The molecule has 0 bridgehead atoms. The maximum Gasteiger partial charge on any atom is 0.239 e. The average Bonchev–Trinajstić information content (AvgIpc) is 2.47. The maximum absolute atomic E-state index is 5.38. The first-order chi connectivity index (χ1) is 9.28. The van der Waals surface area contributed by atoms with Gasteiger partial charge in [0.2, 0.25) is 5.95 Å². The van der Waals surface area contributed by atoms with Crippen LogP contribution in [0.2, 0.25) is 0 Å². The fourth-order valence-electron chi connectivity index (χ4n) is 2.50. The van der Waals surface area contributed by atoms with Gasteiger partial charge in [0.05, 0.1) is 0 Å². The highest BCUT2D eigenvalue weighted by molar-refractivity contribution is 5.51. The summed E-state index contributed by atoms with van der Waals surface area (Å²) in [6, 6.07) is 8.56. The Morgan fingerprint density at radius 1 is 1.26 bits per heavy atom. The molecule has 0 radical (unpaired) electrons. The minimum Gasteiger partial charge on any atom is -0.352 e. The maximum atomic E-state index is 5.38. The van der Waals surface area contributed by atoms with E-state index in [0.29, 0.717) is 5.95 Å². The second kappa shape index (κ2) is 4.85. The van der Waals surface area contributed by atoms with Crippen molar-refractivity contribution in [2.75, 3.05) is 16.9 Å². The fourth-order valence-corrected chi connectivity index (χ4v) is 2.50. The van der Waals surface area contributed by atoms with E-state index in [1.807, 2.05) is 6.92 Å². The van der Waals surface area contributed by atoms with Gasteiger partial charge >= 0.3 is 0 Å². The van der Waals surface area contributed by atoms with Gasteiger partial charge in [-0.05, 0) is 24.5 Å². The number of nitrogens with one attached hydrogen (secondary N) is 1. The molecule has 98 valence electrons. The van der Waals surface area contributed by atoms with Crippen molar-refractivity contribution in [2.24, 2.45) is 5.84 Å². The predicted octanol–water partition coefficient (Wildman–Crippen LogP) is 1.63. The van der Waals surface area contributed by atoms with E-state index < -0.39 is 0 Å². The zero-order valence-electron chi connectivity index (χ0n) is 10.9. The smallest absolute Gasteiger partial charge is 0.239 e. The molecular weight excluding hydrogens is 238 g/mol. The molecule has 5 nitrogen and oxygen atoms in total. The lowest BCUT2D eigenvalue weighted by Crippen LogP contribution is -2.32. The van der Waals surface area contributed by atoms with E-state index in [-0.39, 0.29) is 0 Å². The molecule has 0 saturated carbocycles. The molecule has 3 N–H and O–H groups in total. The van der Waals surface area contributed by atoms with Gasteiger partial charge in [-0.15, -0.1) is 0 Å². The lowest BCUT2D eigenvalue weighted by atomic mass is 10.00. The highest BCUT2D eigenvalue weighted by atomic mass is 15.3. The Bertz CT molecular complexity index is 596. The number of hydrogen-bond donors (Lipinski definition) is 2. The minimum absolute atomic E-state index is 0.458. The van der Waals surface area contributed by atoms with Crippen LogP contribution in [0.3, 0.4) is 0 Å². The predicted molar refractivity (Wildman–Crippen MR) is 75.8 cm³/mol. The number of fused-ring (bicyclic) bond motifs is 1. The van der Waals surface area contributed by atoms with Crippen LogP contribution in [-0.2, 0) is 13.0 Å². The van der Waals surface area contributed by atoms with Crippen LogP contribution < -0.4 is 16.2 Å². The molecule has 0 aliphatic carbocycles. The molecular formula is C14H17N5. The molecule has 0 spiro atoms. The third-order valence-corrected chi connectivity index (χ3v) is 3.50. The summed E-state index contributed by atoms with van der Waals surface area (Å²) in [4.78, 5) is 10.9. The van der Waals surface area contributed by atoms with Crippen LogP contribution in [-0.4, -0.2) is 16.5 Å². The van der Waals surface area contributed by atoms with Gasteiger partial charge in [0, 0.05) is 24.8 Å². The molecule has 2 aromatic rings. The van der Waals surface area contributed by atoms with Crippen molar-refractivity contribution in [2.45, 2.75) is 19.9 Å². The van der Waals surface area contributed by atoms with Gasteiger partial charge in [0.25, 0.3) is 0 Å². The molecule has 3 rings (SSSR count). The summed E-state index contributed by atoms with van der Waals surface area (Å²) >= 11 is 0. The van der Waals surface area contributed by atoms with E-state index in [2.05, 4.69) is 44.6 Å². The monoisotopic (exact) mass is 255 g/mol. The SMILES string of the molecule is Cc1cnc(NN)nc1N1CCc2ccccc2C1. The Kier molecular flexibility index (Phi) is 3.05. The van der Waals surface area contributed by atoms with Crippen molar-refractivity contribution in [3.63, 3.8) is 0 Å². The molecule has 2 heterocycles. The first-order valence-corrected chi connectivity index (χ1v) is 6.40. The van der Waals surface area contributed by atoms with Gasteiger partial charge in [0.1, 0.15) is 5.82 Å². The summed E-state index contributed by atoms with van der Waals surface area (Å²) < 4.78 is 0. The summed E-state index contributed by atoms with van der Waals surface area (Å²) in [6.45, 7) is 3.88. The first-order valence-electron chi connectivity index (χ1n) is 6.40. The summed E-state index contributed by atoms with van der Waals surface area (Å²) in [5, 5.41) is 0. The number of rotatable bonds is 2. The number of nitrogen functional groups attached to an aromatic ring is 1. The molecule has 5 heteroatoms. The Hall–Kier alpha value is -2.14. The zero-order chi connectivity index (χ0) is 13.2. The standard InChI is InChI=1S/C14H17N5/c1-10-8-16-14(18-15)17-13(10)19-7-6-11-4-2-3-5-12(11)9-19/h2-5,8H,6-7,9,15H2,1H3,(H,16,17,18). The molecule has 0 atom stereocenters. The zero-order valence-corrected chi connectivity index (χ0v) is 10.9. The lowest BCUT2D eigenvalue weighted by molar-refractivity contribution is 0.716. The van der Waals surface area contributed by atoms with E-state index in [1.54, 1.807) is 6.20 Å². The van der Waals surface area contributed by atoms with Crippen LogP contribution in [0.15, 0.2) is 30.5 Å². The largest absolute Gasteiger partial charge is 0.352 e. The van der Waals surface area contributed by atoms with E-state index in [1.165, 1.54) is 11.1 Å². The van der Waals surface area contributed by atoms with Crippen LogP contribution in [0.5, 0.6) is 0 Å². The van der Waals surface area contributed by atoms with Crippen molar-refractivity contribution in [1.29, 1.82) is 0 Å². The Morgan fingerprint density at radius 2 is 2.05 bits per heavy atom. The van der Waals surface area contributed by atoms with Crippen molar-refractivity contribution >= 4 is 11.8 Å². The van der Waals surface area contributed by atoms with Gasteiger partial charge in [-0.1, -0.05) is 24.3 Å². The summed E-state index contributed by atoms with van der Waals surface area (Å²) in [7, 11) is 0. The van der Waals surface area contributed by atoms with E-state index in [4.69, 9.17) is 5.84 Å². The van der Waals surface area contributed by atoms with Crippen LogP contribution in [0.25, 0.3) is 0 Å². The number of hydrazine groups is 1.